The maximum atomic E-state index is 6.77. The largest absolute Gasteiger partial charge is 0.457 e. The van der Waals surface area contributed by atoms with Crippen LogP contribution in [-0.2, 0) is 5.41 Å². The van der Waals surface area contributed by atoms with Gasteiger partial charge in [0.1, 0.15) is 17.7 Å². The highest BCUT2D eigenvalue weighted by Gasteiger charge is 2.52. The molecule has 56 heavy (non-hydrogen) atoms. The van der Waals surface area contributed by atoms with Gasteiger partial charge in [-0.05, 0) is 104 Å². The Morgan fingerprint density at radius 1 is 0.536 bits per heavy atom. The van der Waals surface area contributed by atoms with Gasteiger partial charge < -0.3 is 10.1 Å². The summed E-state index contributed by atoms with van der Waals surface area (Å²) in [5.41, 5.74) is 17.4. The van der Waals surface area contributed by atoms with Crippen molar-refractivity contribution in [3.8, 4) is 33.8 Å². The minimum Gasteiger partial charge on any atom is -0.457 e. The van der Waals surface area contributed by atoms with Crippen LogP contribution in [0.1, 0.15) is 58.0 Å². The van der Waals surface area contributed by atoms with Crippen molar-refractivity contribution in [2.45, 2.75) is 24.4 Å². The van der Waals surface area contributed by atoms with E-state index >= 15 is 0 Å². The van der Waals surface area contributed by atoms with Gasteiger partial charge in [0, 0.05) is 16.8 Å². The fraction of sp³-hybridized carbons (Fsp3) is 0.0755. The summed E-state index contributed by atoms with van der Waals surface area (Å²) in [6.07, 6.45) is 8.63. The Morgan fingerprint density at radius 3 is 1.88 bits per heavy atom. The first-order valence-electron chi connectivity index (χ1n) is 19.5. The molecule has 0 bridgehead atoms. The number of nitrogens with one attached hydrogen (secondary N) is 1. The lowest BCUT2D eigenvalue weighted by Gasteiger charge is -2.41. The first-order valence-corrected chi connectivity index (χ1v) is 19.5. The highest BCUT2D eigenvalue weighted by atomic mass is 16.5. The van der Waals surface area contributed by atoms with E-state index in [4.69, 9.17) is 9.73 Å². The fourth-order valence-corrected chi connectivity index (χ4v) is 9.31. The predicted octanol–water partition coefficient (Wildman–Crippen LogP) is 12.7. The summed E-state index contributed by atoms with van der Waals surface area (Å²) in [5.74, 6) is 1.83. The van der Waals surface area contributed by atoms with Gasteiger partial charge in [-0.15, -0.1) is 0 Å². The lowest BCUT2D eigenvalue weighted by Crippen LogP contribution is -2.34. The second-order valence-electron chi connectivity index (χ2n) is 15.0. The van der Waals surface area contributed by atoms with Crippen molar-refractivity contribution in [1.29, 1.82) is 0 Å². The lowest BCUT2D eigenvalue weighted by atomic mass is 9.64. The molecule has 3 nitrogen and oxygen atoms in total. The van der Waals surface area contributed by atoms with Gasteiger partial charge in [-0.2, -0.15) is 0 Å². The summed E-state index contributed by atoms with van der Waals surface area (Å²) in [5, 5.41) is 3.87. The fourth-order valence-electron chi connectivity index (χ4n) is 9.31. The van der Waals surface area contributed by atoms with Crippen LogP contribution in [0.4, 0.5) is 0 Å². The molecular weight excluding hydrogens is 681 g/mol. The van der Waals surface area contributed by atoms with Crippen molar-refractivity contribution < 1.29 is 4.74 Å². The van der Waals surface area contributed by atoms with Crippen LogP contribution in [0.15, 0.2) is 205 Å². The number of para-hydroxylation sites is 1. The van der Waals surface area contributed by atoms with Gasteiger partial charge >= 0.3 is 0 Å². The SMILES string of the molecule is C1=CC2=C(CC1)C1(c3ccccc3Oc3ccc(C4=CC(c5ccc(-c6ccccc6)cc5)=NC(c5ccc(-c6ccccc6)cc5)N4)cc31)c1ccccc12. The Labute approximate surface area is 327 Å². The first kappa shape index (κ1) is 32.5. The molecule has 0 fully saturated rings. The second-order valence-corrected chi connectivity index (χ2v) is 15.0. The molecule has 2 heterocycles. The maximum absolute atomic E-state index is 6.77. The van der Waals surface area contributed by atoms with E-state index in [2.05, 4.69) is 199 Å². The van der Waals surface area contributed by atoms with E-state index in [9.17, 15) is 0 Å². The summed E-state index contributed by atoms with van der Waals surface area (Å²) < 4.78 is 6.77. The second kappa shape index (κ2) is 13.1. The van der Waals surface area contributed by atoms with E-state index in [-0.39, 0.29) is 6.17 Å². The van der Waals surface area contributed by atoms with E-state index in [1.807, 2.05) is 0 Å². The number of fused-ring (bicyclic) bond motifs is 8. The molecule has 7 aromatic rings. The average molecular weight is 719 g/mol. The van der Waals surface area contributed by atoms with E-state index in [0.29, 0.717) is 0 Å². The Morgan fingerprint density at radius 2 is 1.12 bits per heavy atom. The normalized spacial score (nSPS) is 18.8. The zero-order valence-electron chi connectivity index (χ0n) is 30.8. The van der Waals surface area contributed by atoms with Crippen LogP contribution in [0, 0.1) is 0 Å². The number of aliphatic imine (C=N–C) groups is 1. The van der Waals surface area contributed by atoms with Crippen molar-refractivity contribution >= 4 is 17.0 Å². The van der Waals surface area contributed by atoms with E-state index in [1.165, 1.54) is 55.7 Å². The van der Waals surface area contributed by atoms with Gasteiger partial charge in [0.05, 0.1) is 11.1 Å². The molecule has 0 radical (unpaired) electrons. The summed E-state index contributed by atoms with van der Waals surface area (Å²) >= 11 is 0. The minimum absolute atomic E-state index is 0.282. The van der Waals surface area contributed by atoms with Crippen molar-refractivity contribution in [2.24, 2.45) is 4.99 Å². The van der Waals surface area contributed by atoms with Crippen LogP contribution in [0.25, 0.3) is 33.5 Å². The number of hydrogen-bond acceptors (Lipinski definition) is 3. The third kappa shape index (κ3) is 5.16. The van der Waals surface area contributed by atoms with E-state index in [0.717, 1.165) is 52.4 Å². The molecule has 3 heteroatoms. The third-order valence-electron chi connectivity index (χ3n) is 11.9. The Kier molecular flexibility index (Phi) is 7.60. The molecule has 2 unspecified atom stereocenters. The summed E-state index contributed by atoms with van der Waals surface area (Å²) in [6.45, 7) is 0. The molecule has 0 amide bonds. The molecular formula is C53H38N2O. The van der Waals surface area contributed by atoms with Crippen LogP contribution < -0.4 is 10.1 Å². The van der Waals surface area contributed by atoms with Crippen molar-refractivity contribution in [1.82, 2.24) is 5.32 Å². The number of ether oxygens (including phenoxy) is 1. The molecule has 266 valence electrons. The molecule has 1 N–H and O–H groups in total. The molecule has 0 aromatic heterocycles. The Bertz CT molecular complexity index is 2770. The van der Waals surface area contributed by atoms with Crippen LogP contribution in [0.2, 0.25) is 0 Å². The number of rotatable bonds is 5. The van der Waals surface area contributed by atoms with Gasteiger partial charge in [0.2, 0.25) is 0 Å². The predicted molar refractivity (Wildman–Crippen MR) is 229 cm³/mol. The smallest absolute Gasteiger partial charge is 0.145 e. The number of allylic oxidation sites excluding steroid dienone is 5. The van der Waals surface area contributed by atoms with Crippen LogP contribution in [0.3, 0.4) is 0 Å². The van der Waals surface area contributed by atoms with Gasteiger partial charge in [-0.1, -0.05) is 164 Å². The minimum atomic E-state index is -0.455. The number of benzene rings is 7. The van der Waals surface area contributed by atoms with Gasteiger partial charge in [0.15, 0.2) is 0 Å². The quantitative estimate of drug-likeness (QED) is 0.192. The standard InChI is InChI=1S/C53H38N2O/c1-3-13-35(14-4-1)37-23-27-39(28-24-37)48-34-49(55-52(54-48)40-29-25-38(26-30-40)36-15-5-2-6-16-36)41-31-32-51-47(33-41)53(46-21-11-12-22-50(46)56-51)44-19-9-7-17-42(44)43-18-8-10-20-45(43)53/h1-9,11-19,21-34,52,55H,10,20H2. The molecule has 4 aliphatic rings. The third-order valence-corrected chi connectivity index (χ3v) is 11.9. The topological polar surface area (TPSA) is 33.6 Å². The monoisotopic (exact) mass is 718 g/mol. The van der Waals surface area contributed by atoms with E-state index < -0.39 is 5.41 Å². The maximum Gasteiger partial charge on any atom is 0.145 e. The number of hydrogen-bond donors (Lipinski definition) is 1. The molecule has 2 aliphatic carbocycles. The molecule has 11 rings (SSSR count). The molecule has 0 saturated carbocycles. The molecule has 0 saturated heterocycles. The van der Waals surface area contributed by atoms with E-state index in [1.54, 1.807) is 0 Å². The van der Waals surface area contributed by atoms with Crippen molar-refractivity contribution in [3.63, 3.8) is 0 Å². The molecule has 2 aliphatic heterocycles. The van der Waals surface area contributed by atoms with Crippen LogP contribution in [-0.4, -0.2) is 5.71 Å². The summed E-state index contributed by atoms with van der Waals surface area (Å²) in [4.78, 5) is 5.36. The molecule has 7 aromatic carbocycles. The first-order chi connectivity index (χ1) is 27.7. The summed E-state index contributed by atoms with van der Waals surface area (Å²) in [7, 11) is 0. The highest BCUT2D eigenvalue weighted by molar-refractivity contribution is 6.13. The van der Waals surface area contributed by atoms with Gasteiger partial charge in [-0.25, -0.2) is 0 Å². The zero-order valence-corrected chi connectivity index (χ0v) is 30.8. The van der Waals surface area contributed by atoms with Crippen molar-refractivity contribution in [3.05, 3.63) is 239 Å². The van der Waals surface area contributed by atoms with Gasteiger partial charge in [0.25, 0.3) is 0 Å². The lowest BCUT2D eigenvalue weighted by molar-refractivity contribution is 0.431. The summed E-state index contributed by atoms with van der Waals surface area (Å²) in [6, 6.07) is 63.0. The molecule has 1 spiro atoms. The Hall–Kier alpha value is -6.97. The highest BCUT2D eigenvalue weighted by Crippen LogP contribution is 2.63. The average Bonchev–Trinajstić information content (AvgIpc) is 3.57. The molecule has 2 atom stereocenters. The van der Waals surface area contributed by atoms with Crippen LogP contribution >= 0.6 is 0 Å². The zero-order chi connectivity index (χ0) is 37.1. The van der Waals surface area contributed by atoms with Crippen molar-refractivity contribution in [2.75, 3.05) is 0 Å². The van der Waals surface area contributed by atoms with Gasteiger partial charge in [-0.3, -0.25) is 4.99 Å². The van der Waals surface area contributed by atoms with Crippen LogP contribution in [0.5, 0.6) is 11.5 Å². The number of nitrogens with zero attached hydrogens (tertiary/aromatic N) is 1. The Balaban J connectivity index is 1.05.